The van der Waals surface area contributed by atoms with Gasteiger partial charge in [0.1, 0.15) is 11.2 Å². The van der Waals surface area contributed by atoms with Crippen LogP contribution in [0.15, 0.2) is 113 Å². The monoisotopic (exact) mass is 426 g/mol. The lowest BCUT2D eigenvalue weighted by Crippen LogP contribution is -1.88. The molecule has 0 aliphatic heterocycles. The van der Waals surface area contributed by atoms with Gasteiger partial charge in [-0.3, -0.25) is 4.98 Å². The molecular weight excluding hydrogens is 408 g/mol. The average Bonchev–Trinajstić information content (AvgIpc) is 2.71. The maximum Gasteiger partial charge on any atom is 0.145 e. The maximum absolute atomic E-state index is 5.26. The Morgan fingerprint density at radius 3 is 2.12 bits per heavy atom. The summed E-state index contributed by atoms with van der Waals surface area (Å²) in [6, 6.07) is 25.8. The van der Waals surface area contributed by atoms with Crippen LogP contribution < -0.4 is 0 Å². The highest BCUT2D eigenvalue weighted by Crippen LogP contribution is 2.18. The normalized spacial score (nSPS) is 10.9. The highest BCUT2D eigenvalue weighted by molar-refractivity contribution is 9.18. The molecule has 0 fully saturated rings. The van der Waals surface area contributed by atoms with Crippen molar-refractivity contribution < 1.29 is 4.84 Å². The summed E-state index contributed by atoms with van der Waals surface area (Å²) in [6.07, 6.45) is 5.36. The van der Waals surface area contributed by atoms with Crippen molar-refractivity contribution >= 4 is 32.3 Å². The predicted molar refractivity (Wildman–Crippen MR) is 113 cm³/mol. The van der Waals surface area contributed by atoms with Crippen molar-refractivity contribution in [2.75, 3.05) is 0 Å². The lowest BCUT2D eigenvalue weighted by Gasteiger charge is -1.99. The van der Waals surface area contributed by atoms with Gasteiger partial charge in [-0.05, 0) is 57.2 Å². The van der Waals surface area contributed by atoms with Crippen molar-refractivity contribution in [2.45, 2.75) is 11.5 Å². The van der Waals surface area contributed by atoms with E-state index >= 15 is 0 Å². The van der Waals surface area contributed by atoms with Crippen LogP contribution in [0, 0.1) is 0 Å². The van der Waals surface area contributed by atoms with E-state index in [0.717, 1.165) is 5.56 Å². The molecule has 0 aliphatic rings. The van der Waals surface area contributed by atoms with Gasteiger partial charge in [0.15, 0.2) is 0 Å². The molecule has 1 aromatic heterocycles. The first kappa shape index (κ1) is 19.9. The summed E-state index contributed by atoms with van der Waals surface area (Å²) in [5, 5.41) is 5.95. The topological polar surface area (TPSA) is 34.5 Å². The first-order valence-electron chi connectivity index (χ1n) is 7.97. The largest absolute Gasteiger partial charge is 0.390 e. The van der Waals surface area contributed by atoms with E-state index in [4.69, 9.17) is 4.84 Å². The number of thioether (sulfide) groups is 1. The highest BCUT2D eigenvalue weighted by Gasteiger charge is 1.92. The smallest absolute Gasteiger partial charge is 0.145 e. The van der Waals surface area contributed by atoms with Crippen LogP contribution in [0.1, 0.15) is 5.56 Å². The summed E-state index contributed by atoms with van der Waals surface area (Å²) < 4.78 is 0.664. The summed E-state index contributed by atoms with van der Waals surface area (Å²) in [4.78, 5) is 10.2. The van der Waals surface area contributed by atoms with E-state index < -0.39 is 0 Å². The van der Waals surface area contributed by atoms with Gasteiger partial charge in [-0.25, -0.2) is 0 Å². The van der Waals surface area contributed by atoms with Crippen LogP contribution in [-0.4, -0.2) is 9.60 Å². The van der Waals surface area contributed by atoms with Crippen LogP contribution in [0.4, 0.5) is 0 Å². The fraction of sp³-hybridized carbons (Fsp3) is 0.0476. The number of nitrogens with zero attached hydrogens (tertiary/aromatic N) is 2. The molecule has 0 atom stereocenters. The Hall–Kier alpha value is -2.37. The van der Waals surface area contributed by atoms with Crippen LogP contribution in [0.3, 0.4) is 0 Å². The third-order valence-electron chi connectivity index (χ3n) is 2.95. The van der Waals surface area contributed by atoms with Crippen molar-refractivity contribution in [3.05, 3.63) is 108 Å². The van der Waals surface area contributed by atoms with Gasteiger partial charge in [-0.1, -0.05) is 71.5 Å². The second-order valence-corrected chi connectivity index (χ2v) is 6.72. The van der Waals surface area contributed by atoms with Gasteiger partial charge in [0.05, 0.1) is 0 Å². The molecule has 0 saturated heterocycles. The third-order valence-corrected chi connectivity index (χ3v) is 4.17. The van der Waals surface area contributed by atoms with E-state index in [-0.39, 0.29) is 0 Å². The second kappa shape index (κ2) is 12.9. The quantitative estimate of drug-likeness (QED) is 0.263. The summed E-state index contributed by atoms with van der Waals surface area (Å²) in [5.41, 5.74) is 1.10. The van der Waals surface area contributed by atoms with Crippen molar-refractivity contribution in [1.29, 1.82) is 0 Å². The molecule has 0 saturated carbocycles. The van der Waals surface area contributed by atoms with Crippen LogP contribution in [0.2, 0.25) is 0 Å². The van der Waals surface area contributed by atoms with Gasteiger partial charge in [-0.2, -0.15) is 0 Å². The molecule has 3 aromatic rings. The number of benzene rings is 2. The minimum absolute atomic E-state index is 0.468. The van der Waals surface area contributed by atoms with Crippen LogP contribution in [0.5, 0.6) is 0 Å². The molecule has 3 rings (SSSR count). The molecule has 2 aromatic carbocycles. The first-order chi connectivity index (χ1) is 12.8. The molecule has 1 heterocycles. The number of allylic oxidation sites excluding steroid dienone is 1. The standard InChI is InChI=1S/C16H14BrNOS.C5H5N/c17-16(11-12-20-15-9-5-2-6-10-15)18-19-13-14-7-3-1-4-8-14;1-2-4-6-5-3-1/h1-12H,13H2;1-5H. The summed E-state index contributed by atoms with van der Waals surface area (Å²) >= 11 is 4.98. The molecular formula is C21H19BrN2OS. The lowest BCUT2D eigenvalue weighted by molar-refractivity contribution is 0.132. The van der Waals surface area contributed by atoms with Crippen molar-refractivity contribution in [2.24, 2.45) is 5.16 Å². The van der Waals surface area contributed by atoms with Gasteiger partial charge >= 0.3 is 0 Å². The minimum atomic E-state index is 0.468. The number of hydrogen-bond donors (Lipinski definition) is 0. The maximum atomic E-state index is 5.26. The number of oxime groups is 1. The van der Waals surface area contributed by atoms with E-state index in [1.165, 1.54) is 4.90 Å². The molecule has 0 N–H and O–H groups in total. The van der Waals surface area contributed by atoms with Gasteiger partial charge in [0.25, 0.3) is 0 Å². The molecule has 0 radical (unpaired) electrons. The second-order valence-electron chi connectivity index (χ2n) is 4.93. The zero-order chi connectivity index (χ0) is 18.3. The first-order valence-corrected chi connectivity index (χ1v) is 9.64. The number of hydrogen-bond acceptors (Lipinski definition) is 4. The minimum Gasteiger partial charge on any atom is -0.390 e. The average molecular weight is 427 g/mol. The SMILES string of the molecule is BrC(C=CSc1ccccc1)=NOCc1ccccc1.c1ccncc1. The van der Waals surface area contributed by atoms with Crippen molar-refractivity contribution in [3.63, 3.8) is 0 Å². The number of pyridine rings is 1. The number of aromatic nitrogens is 1. The van der Waals surface area contributed by atoms with Crippen LogP contribution in [0.25, 0.3) is 0 Å². The molecule has 0 aliphatic carbocycles. The van der Waals surface area contributed by atoms with Gasteiger partial charge in [-0.15, -0.1) is 0 Å². The predicted octanol–water partition coefficient (Wildman–Crippen LogP) is 6.30. The fourth-order valence-electron chi connectivity index (χ4n) is 1.75. The third kappa shape index (κ3) is 9.20. The summed E-state index contributed by atoms with van der Waals surface area (Å²) in [5.74, 6) is 0. The van der Waals surface area contributed by atoms with E-state index in [1.807, 2.05) is 78.2 Å². The Labute approximate surface area is 166 Å². The molecule has 26 heavy (non-hydrogen) atoms. The molecule has 3 nitrogen and oxygen atoms in total. The molecule has 5 heteroatoms. The number of rotatable bonds is 6. The van der Waals surface area contributed by atoms with E-state index in [0.29, 0.717) is 11.2 Å². The van der Waals surface area contributed by atoms with E-state index in [2.05, 4.69) is 38.2 Å². The van der Waals surface area contributed by atoms with Gasteiger partial charge in [0, 0.05) is 17.3 Å². The Kier molecular flexibility index (Phi) is 9.91. The zero-order valence-corrected chi connectivity index (χ0v) is 16.5. The van der Waals surface area contributed by atoms with Crippen LogP contribution >= 0.6 is 27.7 Å². The Morgan fingerprint density at radius 1 is 0.923 bits per heavy atom. The van der Waals surface area contributed by atoms with Gasteiger partial charge in [0.2, 0.25) is 0 Å². The zero-order valence-electron chi connectivity index (χ0n) is 14.1. The molecule has 132 valence electrons. The van der Waals surface area contributed by atoms with Crippen molar-refractivity contribution in [1.82, 2.24) is 4.98 Å². The Morgan fingerprint density at radius 2 is 1.54 bits per heavy atom. The molecule has 0 spiro atoms. The summed E-state index contributed by atoms with van der Waals surface area (Å²) in [7, 11) is 0. The fourth-order valence-corrected chi connectivity index (χ4v) is 2.83. The Balaban J connectivity index is 0.000000342. The molecule has 0 amide bonds. The van der Waals surface area contributed by atoms with E-state index in [9.17, 15) is 0 Å². The summed E-state index contributed by atoms with van der Waals surface area (Å²) in [6.45, 7) is 0.468. The van der Waals surface area contributed by atoms with E-state index in [1.54, 1.807) is 24.2 Å². The number of halogens is 1. The lowest BCUT2D eigenvalue weighted by atomic mass is 10.2. The Bertz CT molecular complexity index is 754. The highest BCUT2D eigenvalue weighted by atomic mass is 79.9. The van der Waals surface area contributed by atoms with Gasteiger partial charge < -0.3 is 4.84 Å². The van der Waals surface area contributed by atoms with Crippen molar-refractivity contribution in [3.8, 4) is 0 Å². The molecule has 0 bridgehead atoms. The van der Waals surface area contributed by atoms with Crippen LogP contribution in [-0.2, 0) is 11.4 Å². The molecule has 0 unspecified atom stereocenters.